The molecule has 0 aliphatic carbocycles. The van der Waals surface area contributed by atoms with E-state index in [2.05, 4.69) is 4.72 Å². The molecule has 27 heavy (non-hydrogen) atoms. The quantitative estimate of drug-likeness (QED) is 0.714. The second kappa shape index (κ2) is 9.62. The molecule has 0 heterocycles. The third-order valence-corrected chi connectivity index (χ3v) is 5.90. The molecule has 146 valence electrons. The fourth-order valence-corrected chi connectivity index (χ4v) is 4.10. The molecule has 0 spiro atoms. The number of benzene rings is 2. The van der Waals surface area contributed by atoms with Gasteiger partial charge >= 0.3 is 0 Å². The highest BCUT2D eigenvalue weighted by Crippen LogP contribution is 2.15. The number of nitrogens with zero attached hydrogens (tertiary/aromatic N) is 1. The van der Waals surface area contributed by atoms with Gasteiger partial charge in [0.05, 0.1) is 4.90 Å². The standard InChI is InChI=1S/C20H25FN2O3S/c1-16-15-19(21)10-11-20(16)27(25,26)22-12-14-23(17(2)24)13-6-9-18-7-4-3-5-8-18/h3-5,7-8,10-11,15,22H,6,9,12-14H2,1-2H3. The van der Waals surface area contributed by atoms with Gasteiger partial charge in [-0.3, -0.25) is 4.79 Å². The van der Waals surface area contributed by atoms with E-state index in [1.54, 1.807) is 11.8 Å². The molecular weight excluding hydrogens is 367 g/mol. The van der Waals surface area contributed by atoms with Crippen LogP contribution in [-0.2, 0) is 21.2 Å². The molecule has 0 aliphatic heterocycles. The predicted molar refractivity (Wildman–Crippen MR) is 103 cm³/mol. The van der Waals surface area contributed by atoms with E-state index in [-0.39, 0.29) is 23.9 Å². The second-order valence-electron chi connectivity index (χ2n) is 6.40. The molecule has 1 N–H and O–H groups in total. The minimum absolute atomic E-state index is 0.0438. The number of carbonyl (C=O) groups is 1. The molecule has 0 aliphatic rings. The lowest BCUT2D eigenvalue weighted by Gasteiger charge is -2.21. The highest BCUT2D eigenvalue weighted by atomic mass is 32.2. The molecule has 2 aromatic carbocycles. The van der Waals surface area contributed by atoms with Gasteiger partial charge in [-0.25, -0.2) is 17.5 Å². The summed E-state index contributed by atoms with van der Waals surface area (Å²) in [6.07, 6.45) is 1.65. The first-order chi connectivity index (χ1) is 12.8. The van der Waals surface area contributed by atoms with Crippen LogP contribution in [0.5, 0.6) is 0 Å². The Kier molecular flexibility index (Phi) is 7.50. The SMILES string of the molecule is CC(=O)N(CCCc1ccccc1)CCNS(=O)(=O)c1ccc(F)cc1C. The number of halogens is 1. The molecule has 0 saturated carbocycles. The normalized spacial score (nSPS) is 11.4. The Balaban J connectivity index is 1.87. The van der Waals surface area contributed by atoms with Gasteiger partial charge in [0.25, 0.3) is 0 Å². The van der Waals surface area contributed by atoms with Crippen LogP contribution in [0, 0.1) is 12.7 Å². The Morgan fingerprint density at radius 3 is 2.44 bits per heavy atom. The number of carbonyl (C=O) groups excluding carboxylic acids is 1. The molecular formula is C20H25FN2O3S. The molecule has 0 bridgehead atoms. The van der Waals surface area contributed by atoms with E-state index in [0.717, 1.165) is 18.9 Å². The van der Waals surface area contributed by atoms with Crippen LogP contribution in [0.25, 0.3) is 0 Å². The highest BCUT2D eigenvalue weighted by molar-refractivity contribution is 7.89. The van der Waals surface area contributed by atoms with Gasteiger partial charge in [0.1, 0.15) is 5.82 Å². The number of aryl methyl sites for hydroxylation is 2. The van der Waals surface area contributed by atoms with Crippen LogP contribution < -0.4 is 4.72 Å². The van der Waals surface area contributed by atoms with E-state index < -0.39 is 15.8 Å². The van der Waals surface area contributed by atoms with Crippen molar-refractivity contribution in [3.8, 4) is 0 Å². The van der Waals surface area contributed by atoms with Gasteiger partial charge in [-0.15, -0.1) is 0 Å². The number of amides is 1. The number of nitrogens with one attached hydrogen (secondary N) is 1. The smallest absolute Gasteiger partial charge is 0.240 e. The first kappa shape index (κ1) is 21.1. The Labute approximate surface area is 160 Å². The third-order valence-electron chi connectivity index (χ3n) is 4.28. The zero-order valence-corrected chi connectivity index (χ0v) is 16.4. The summed E-state index contributed by atoms with van der Waals surface area (Å²) in [4.78, 5) is 13.5. The van der Waals surface area contributed by atoms with Gasteiger partial charge in [0, 0.05) is 26.6 Å². The fraction of sp³-hybridized carbons (Fsp3) is 0.350. The summed E-state index contributed by atoms with van der Waals surface area (Å²) in [5, 5.41) is 0. The Morgan fingerprint density at radius 2 is 1.81 bits per heavy atom. The van der Waals surface area contributed by atoms with Gasteiger partial charge in [-0.1, -0.05) is 30.3 Å². The van der Waals surface area contributed by atoms with Crippen molar-refractivity contribution >= 4 is 15.9 Å². The van der Waals surface area contributed by atoms with E-state index in [9.17, 15) is 17.6 Å². The molecule has 0 atom stereocenters. The maximum atomic E-state index is 13.2. The highest BCUT2D eigenvalue weighted by Gasteiger charge is 2.17. The molecule has 0 fully saturated rings. The van der Waals surface area contributed by atoms with Crippen molar-refractivity contribution in [3.05, 3.63) is 65.5 Å². The number of rotatable bonds is 9. The largest absolute Gasteiger partial charge is 0.342 e. The first-order valence-corrected chi connectivity index (χ1v) is 10.3. The average Bonchev–Trinajstić information content (AvgIpc) is 2.60. The third kappa shape index (κ3) is 6.45. The zero-order chi connectivity index (χ0) is 19.9. The van der Waals surface area contributed by atoms with Gasteiger partial charge < -0.3 is 4.90 Å². The summed E-state index contributed by atoms with van der Waals surface area (Å²) in [6.45, 7) is 3.96. The molecule has 0 unspecified atom stereocenters. The van der Waals surface area contributed by atoms with Crippen molar-refractivity contribution in [1.82, 2.24) is 9.62 Å². The Morgan fingerprint density at radius 1 is 1.11 bits per heavy atom. The van der Waals surface area contributed by atoms with Crippen LogP contribution in [0.1, 0.15) is 24.5 Å². The van der Waals surface area contributed by atoms with Crippen molar-refractivity contribution in [1.29, 1.82) is 0 Å². The van der Waals surface area contributed by atoms with Crippen molar-refractivity contribution in [3.63, 3.8) is 0 Å². The molecule has 0 aromatic heterocycles. The molecule has 2 rings (SSSR count). The van der Waals surface area contributed by atoms with Gasteiger partial charge in [0.2, 0.25) is 15.9 Å². The number of sulfonamides is 1. The molecule has 2 aromatic rings. The summed E-state index contributed by atoms with van der Waals surface area (Å²) in [7, 11) is -3.75. The number of hydrogen-bond donors (Lipinski definition) is 1. The summed E-state index contributed by atoms with van der Waals surface area (Å²) in [5.74, 6) is -0.576. The summed E-state index contributed by atoms with van der Waals surface area (Å²) in [6, 6.07) is 13.5. The fourth-order valence-electron chi connectivity index (χ4n) is 2.85. The minimum Gasteiger partial charge on any atom is -0.342 e. The lowest BCUT2D eigenvalue weighted by atomic mass is 10.1. The van der Waals surface area contributed by atoms with Crippen LogP contribution in [-0.4, -0.2) is 38.9 Å². The van der Waals surface area contributed by atoms with Crippen LogP contribution in [0.15, 0.2) is 53.4 Å². The Bertz CT molecular complexity index is 870. The molecule has 5 nitrogen and oxygen atoms in total. The average molecular weight is 392 g/mol. The van der Waals surface area contributed by atoms with E-state index in [1.165, 1.54) is 24.6 Å². The van der Waals surface area contributed by atoms with Crippen molar-refractivity contribution in [2.24, 2.45) is 0 Å². The first-order valence-electron chi connectivity index (χ1n) is 8.85. The van der Waals surface area contributed by atoms with E-state index >= 15 is 0 Å². The van der Waals surface area contributed by atoms with Crippen LogP contribution in [0.3, 0.4) is 0 Å². The van der Waals surface area contributed by atoms with E-state index in [4.69, 9.17) is 0 Å². The van der Waals surface area contributed by atoms with Crippen LogP contribution in [0.4, 0.5) is 4.39 Å². The monoisotopic (exact) mass is 392 g/mol. The molecule has 0 saturated heterocycles. The Hall–Kier alpha value is -2.25. The maximum Gasteiger partial charge on any atom is 0.240 e. The van der Waals surface area contributed by atoms with Gasteiger partial charge in [0.15, 0.2) is 0 Å². The predicted octanol–water partition coefficient (Wildman–Crippen LogP) is 2.89. The van der Waals surface area contributed by atoms with Gasteiger partial charge in [-0.2, -0.15) is 0 Å². The van der Waals surface area contributed by atoms with E-state index in [1.807, 2.05) is 30.3 Å². The minimum atomic E-state index is -3.75. The summed E-state index contributed by atoms with van der Waals surface area (Å²) >= 11 is 0. The van der Waals surface area contributed by atoms with Gasteiger partial charge in [-0.05, 0) is 49.1 Å². The molecule has 1 amide bonds. The lowest BCUT2D eigenvalue weighted by molar-refractivity contribution is -0.128. The van der Waals surface area contributed by atoms with Crippen LogP contribution >= 0.6 is 0 Å². The van der Waals surface area contributed by atoms with Crippen molar-refractivity contribution in [2.75, 3.05) is 19.6 Å². The topological polar surface area (TPSA) is 66.5 Å². The van der Waals surface area contributed by atoms with Crippen LogP contribution in [0.2, 0.25) is 0 Å². The molecule has 7 heteroatoms. The lowest BCUT2D eigenvalue weighted by Crippen LogP contribution is -2.38. The summed E-state index contributed by atoms with van der Waals surface area (Å²) in [5.41, 5.74) is 1.54. The number of hydrogen-bond acceptors (Lipinski definition) is 3. The van der Waals surface area contributed by atoms with E-state index in [0.29, 0.717) is 12.1 Å². The van der Waals surface area contributed by atoms with Crippen molar-refractivity contribution in [2.45, 2.75) is 31.6 Å². The summed E-state index contributed by atoms with van der Waals surface area (Å²) < 4.78 is 40.4. The molecule has 0 radical (unpaired) electrons. The second-order valence-corrected chi connectivity index (χ2v) is 8.14. The van der Waals surface area contributed by atoms with Crippen molar-refractivity contribution < 1.29 is 17.6 Å². The zero-order valence-electron chi connectivity index (χ0n) is 15.6. The maximum absolute atomic E-state index is 13.2.